The Morgan fingerprint density at radius 1 is 1.16 bits per heavy atom. The van der Waals surface area contributed by atoms with Crippen LogP contribution in [0.25, 0.3) is 0 Å². The Morgan fingerprint density at radius 3 is 2.56 bits per heavy atom. The maximum absolute atomic E-state index is 12.7. The van der Waals surface area contributed by atoms with E-state index in [1.165, 1.54) is 0 Å². The number of anilines is 1. The molecule has 0 radical (unpaired) electrons. The number of aromatic nitrogens is 1. The molecule has 2 aromatic carbocycles. The fourth-order valence-electron chi connectivity index (χ4n) is 2.37. The normalized spacial score (nSPS) is 10.7. The standard InChI is InChI=1S/C19H17IN2O2S/c1-12-17(13(2)24-22-12)11-25-18-6-4-3-5-16(18)19(23)21-15-9-7-14(20)8-10-15/h3-10H,11H2,1-2H3,(H,21,23). The molecule has 0 spiro atoms. The van der Waals surface area contributed by atoms with Crippen LogP contribution in [0.5, 0.6) is 0 Å². The van der Waals surface area contributed by atoms with Crippen molar-refractivity contribution in [1.82, 2.24) is 5.16 Å². The van der Waals surface area contributed by atoms with Crippen molar-refractivity contribution >= 4 is 45.9 Å². The summed E-state index contributed by atoms with van der Waals surface area (Å²) in [7, 11) is 0. The first-order chi connectivity index (χ1) is 12.0. The summed E-state index contributed by atoms with van der Waals surface area (Å²) in [6.07, 6.45) is 0. The maximum atomic E-state index is 12.7. The molecule has 0 aliphatic rings. The van der Waals surface area contributed by atoms with Gasteiger partial charge in [0.25, 0.3) is 5.91 Å². The molecule has 1 N–H and O–H groups in total. The Hall–Kier alpha value is -1.80. The number of carbonyl (C=O) groups is 1. The number of amides is 1. The van der Waals surface area contributed by atoms with E-state index in [9.17, 15) is 4.79 Å². The number of hydrogen-bond acceptors (Lipinski definition) is 4. The van der Waals surface area contributed by atoms with Crippen LogP contribution in [0.15, 0.2) is 57.9 Å². The number of hydrogen-bond donors (Lipinski definition) is 1. The molecule has 1 aromatic heterocycles. The number of benzene rings is 2. The maximum Gasteiger partial charge on any atom is 0.256 e. The number of nitrogens with zero attached hydrogens (tertiary/aromatic N) is 1. The van der Waals surface area contributed by atoms with Crippen molar-refractivity contribution in [3.63, 3.8) is 0 Å². The lowest BCUT2D eigenvalue weighted by Crippen LogP contribution is -2.12. The summed E-state index contributed by atoms with van der Waals surface area (Å²) in [5.41, 5.74) is 3.43. The third-order valence-corrected chi connectivity index (χ3v) is 5.61. The first-order valence-electron chi connectivity index (χ1n) is 7.75. The van der Waals surface area contributed by atoms with Gasteiger partial charge in [0, 0.05) is 25.5 Å². The van der Waals surface area contributed by atoms with Gasteiger partial charge in [-0.3, -0.25) is 4.79 Å². The molecular weight excluding hydrogens is 447 g/mol. The summed E-state index contributed by atoms with van der Waals surface area (Å²) < 4.78 is 6.34. The highest BCUT2D eigenvalue weighted by atomic mass is 127. The molecule has 4 nitrogen and oxygen atoms in total. The van der Waals surface area contributed by atoms with Crippen molar-refractivity contribution < 1.29 is 9.32 Å². The molecule has 128 valence electrons. The number of rotatable bonds is 5. The van der Waals surface area contributed by atoms with Gasteiger partial charge in [-0.05, 0) is 72.8 Å². The van der Waals surface area contributed by atoms with E-state index in [0.717, 1.165) is 36.9 Å². The minimum atomic E-state index is -0.108. The first kappa shape index (κ1) is 18.0. The fourth-order valence-corrected chi connectivity index (χ4v) is 3.93. The molecule has 25 heavy (non-hydrogen) atoms. The van der Waals surface area contributed by atoms with Crippen molar-refractivity contribution in [1.29, 1.82) is 0 Å². The van der Waals surface area contributed by atoms with Gasteiger partial charge in [-0.2, -0.15) is 0 Å². The van der Waals surface area contributed by atoms with Crippen molar-refractivity contribution in [2.24, 2.45) is 0 Å². The first-order valence-corrected chi connectivity index (χ1v) is 9.81. The van der Waals surface area contributed by atoms with Crippen LogP contribution in [0.4, 0.5) is 5.69 Å². The summed E-state index contributed by atoms with van der Waals surface area (Å²) in [5.74, 6) is 1.43. The molecule has 0 bridgehead atoms. The van der Waals surface area contributed by atoms with Crippen LogP contribution in [0.1, 0.15) is 27.4 Å². The lowest BCUT2D eigenvalue weighted by atomic mass is 10.2. The van der Waals surface area contributed by atoms with Crippen LogP contribution < -0.4 is 5.32 Å². The van der Waals surface area contributed by atoms with Crippen LogP contribution in [-0.4, -0.2) is 11.1 Å². The van der Waals surface area contributed by atoms with Crippen LogP contribution >= 0.6 is 34.4 Å². The lowest BCUT2D eigenvalue weighted by molar-refractivity contribution is 0.102. The second kappa shape index (κ2) is 8.05. The van der Waals surface area contributed by atoms with Gasteiger partial charge in [-0.1, -0.05) is 17.3 Å². The van der Waals surface area contributed by atoms with Crippen LogP contribution in [-0.2, 0) is 5.75 Å². The number of halogens is 1. The third-order valence-electron chi connectivity index (χ3n) is 3.79. The zero-order valence-electron chi connectivity index (χ0n) is 13.9. The number of thioether (sulfide) groups is 1. The predicted molar refractivity (Wildman–Crippen MR) is 109 cm³/mol. The van der Waals surface area contributed by atoms with E-state index < -0.39 is 0 Å². The van der Waals surface area contributed by atoms with Crippen molar-refractivity contribution in [2.45, 2.75) is 24.5 Å². The van der Waals surface area contributed by atoms with Gasteiger partial charge >= 0.3 is 0 Å². The van der Waals surface area contributed by atoms with Crippen molar-refractivity contribution in [3.8, 4) is 0 Å². The molecule has 0 unspecified atom stereocenters. The van der Waals surface area contributed by atoms with Crippen LogP contribution in [0.3, 0.4) is 0 Å². The number of carbonyl (C=O) groups excluding carboxylic acids is 1. The quantitative estimate of drug-likeness (QED) is 0.404. The van der Waals surface area contributed by atoms with Gasteiger partial charge in [0.1, 0.15) is 5.76 Å². The van der Waals surface area contributed by atoms with Gasteiger partial charge in [-0.25, -0.2) is 0 Å². The Kier molecular flexibility index (Phi) is 5.80. The number of aryl methyl sites for hydroxylation is 2. The fraction of sp³-hybridized carbons (Fsp3) is 0.158. The monoisotopic (exact) mass is 464 g/mol. The molecule has 1 amide bonds. The topological polar surface area (TPSA) is 55.1 Å². The average molecular weight is 464 g/mol. The van der Waals surface area contributed by atoms with Gasteiger partial charge in [0.2, 0.25) is 0 Å². The molecule has 3 rings (SSSR count). The Morgan fingerprint density at radius 2 is 1.88 bits per heavy atom. The second-order valence-corrected chi connectivity index (χ2v) is 7.81. The zero-order valence-corrected chi connectivity index (χ0v) is 16.8. The Balaban J connectivity index is 1.76. The number of nitrogens with one attached hydrogen (secondary N) is 1. The molecule has 1 heterocycles. The largest absolute Gasteiger partial charge is 0.361 e. The molecule has 6 heteroatoms. The van der Waals surface area contributed by atoms with E-state index in [0.29, 0.717) is 5.56 Å². The van der Waals surface area contributed by atoms with E-state index in [1.807, 2.05) is 62.4 Å². The molecule has 0 aliphatic heterocycles. The van der Waals surface area contributed by atoms with E-state index in [1.54, 1.807) is 11.8 Å². The third kappa shape index (κ3) is 4.43. The van der Waals surface area contributed by atoms with E-state index in [2.05, 4.69) is 33.1 Å². The Labute approximate surface area is 164 Å². The van der Waals surface area contributed by atoms with Gasteiger partial charge in [-0.15, -0.1) is 11.8 Å². The summed E-state index contributed by atoms with van der Waals surface area (Å²) in [5, 5.41) is 6.94. The Bertz CT molecular complexity index is 871. The van der Waals surface area contributed by atoms with Crippen LogP contribution in [0.2, 0.25) is 0 Å². The minimum absolute atomic E-state index is 0.108. The molecule has 0 saturated carbocycles. The molecular formula is C19H17IN2O2S. The summed E-state index contributed by atoms with van der Waals surface area (Å²) in [4.78, 5) is 13.6. The van der Waals surface area contributed by atoms with Gasteiger partial charge < -0.3 is 9.84 Å². The molecule has 3 aromatic rings. The summed E-state index contributed by atoms with van der Waals surface area (Å²) >= 11 is 3.85. The summed E-state index contributed by atoms with van der Waals surface area (Å²) in [6.45, 7) is 3.84. The van der Waals surface area contributed by atoms with Gasteiger partial charge in [0.15, 0.2) is 0 Å². The highest BCUT2D eigenvalue weighted by Gasteiger charge is 2.14. The minimum Gasteiger partial charge on any atom is -0.361 e. The smallest absolute Gasteiger partial charge is 0.256 e. The zero-order chi connectivity index (χ0) is 17.8. The van der Waals surface area contributed by atoms with Crippen molar-refractivity contribution in [2.75, 3.05) is 5.32 Å². The van der Waals surface area contributed by atoms with Crippen LogP contribution in [0, 0.1) is 17.4 Å². The average Bonchev–Trinajstić information content (AvgIpc) is 2.93. The summed E-state index contributed by atoms with van der Waals surface area (Å²) in [6, 6.07) is 15.4. The second-order valence-electron chi connectivity index (χ2n) is 5.55. The van der Waals surface area contributed by atoms with Gasteiger partial charge in [0.05, 0.1) is 11.3 Å². The van der Waals surface area contributed by atoms with E-state index in [4.69, 9.17) is 4.52 Å². The molecule has 0 fully saturated rings. The SMILES string of the molecule is Cc1noc(C)c1CSc1ccccc1C(=O)Nc1ccc(I)cc1. The lowest BCUT2D eigenvalue weighted by Gasteiger charge is -2.10. The highest BCUT2D eigenvalue weighted by molar-refractivity contribution is 14.1. The molecule has 0 saturated heterocycles. The molecule has 0 atom stereocenters. The van der Waals surface area contributed by atoms with E-state index in [-0.39, 0.29) is 5.91 Å². The van der Waals surface area contributed by atoms with E-state index >= 15 is 0 Å². The van der Waals surface area contributed by atoms with Crippen molar-refractivity contribution in [3.05, 3.63) is 74.7 Å². The highest BCUT2D eigenvalue weighted by Crippen LogP contribution is 2.29. The predicted octanol–water partition coefficient (Wildman–Crippen LogP) is 5.44. The molecule has 0 aliphatic carbocycles.